The van der Waals surface area contributed by atoms with Crippen LogP contribution in [0.5, 0.6) is 0 Å². The van der Waals surface area contributed by atoms with E-state index >= 15 is 0 Å². The minimum absolute atomic E-state index is 0.168. The maximum Gasteiger partial charge on any atom is 0.0502 e. The van der Waals surface area contributed by atoms with E-state index in [0.29, 0.717) is 12.1 Å². The second-order valence-electron chi connectivity index (χ2n) is 6.25. The molecule has 2 N–H and O–H groups in total. The number of nitrogens with zero attached hydrogens (tertiary/aromatic N) is 1. The fraction of sp³-hybridized carbons (Fsp3) is 0.667. The summed E-state index contributed by atoms with van der Waals surface area (Å²) in [5.74, 6) is 0. The van der Waals surface area contributed by atoms with Crippen LogP contribution in [0.3, 0.4) is 0 Å². The average Bonchev–Trinajstić information content (AvgIpc) is 2.49. The molecule has 0 radical (unpaired) electrons. The molecule has 0 spiro atoms. The van der Waals surface area contributed by atoms with Crippen LogP contribution in [0.15, 0.2) is 24.3 Å². The summed E-state index contributed by atoms with van der Waals surface area (Å²) in [6, 6.07) is 9.41. The minimum Gasteiger partial charge on any atom is -0.326 e. The Kier molecular flexibility index (Phi) is 6.53. The lowest BCUT2D eigenvalue weighted by molar-refractivity contribution is 0.0726. The highest BCUT2D eigenvalue weighted by Gasteiger charge is 2.32. The lowest BCUT2D eigenvalue weighted by atomic mass is 9.89. The molecule has 3 unspecified atom stereocenters. The molecule has 3 heteroatoms. The maximum atomic E-state index is 6.50. The summed E-state index contributed by atoms with van der Waals surface area (Å²) in [5.41, 5.74) is 7.78. The zero-order valence-electron chi connectivity index (χ0n) is 13.4. The van der Waals surface area contributed by atoms with Gasteiger partial charge in [0.25, 0.3) is 0 Å². The topological polar surface area (TPSA) is 29.3 Å². The number of nitrogens with two attached hydrogens (primary N) is 1. The van der Waals surface area contributed by atoms with Crippen LogP contribution in [0.4, 0.5) is 0 Å². The largest absolute Gasteiger partial charge is 0.326 e. The maximum absolute atomic E-state index is 6.50. The number of hydrogen-bond acceptors (Lipinski definition) is 2. The summed E-state index contributed by atoms with van der Waals surface area (Å²) in [6.07, 6.45) is 7.45. The first-order valence-corrected chi connectivity index (χ1v) is 8.82. The molecule has 2 nitrogen and oxygen atoms in total. The summed E-state index contributed by atoms with van der Waals surface area (Å²) >= 11 is 6.21. The smallest absolute Gasteiger partial charge is 0.0502 e. The van der Waals surface area contributed by atoms with Crippen molar-refractivity contribution in [1.29, 1.82) is 0 Å². The van der Waals surface area contributed by atoms with Gasteiger partial charge in [-0.15, -0.1) is 0 Å². The molecule has 1 aliphatic heterocycles. The van der Waals surface area contributed by atoms with Gasteiger partial charge >= 0.3 is 0 Å². The summed E-state index contributed by atoms with van der Waals surface area (Å²) in [4.78, 5) is 2.66. The van der Waals surface area contributed by atoms with Crippen LogP contribution in [0.1, 0.15) is 64.0 Å². The Labute approximate surface area is 134 Å². The molecule has 1 saturated heterocycles. The van der Waals surface area contributed by atoms with E-state index in [1.165, 1.54) is 37.7 Å². The molecule has 0 amide bonds. The van der Waals surface area contributed by atoms with E-state index in [2.05, 4.69) is 30.9 Å². The molecular weight excluding hydrogens is 280 g/mol. The van der Waals surface area contributed by atoms with Crippen LogP contribution < -0.4 is 5.73 Å². The highest BCUT2D eigenvalue weighted by atomic mass is 35.5. The fourth-order valence-corrected chi connectivity index (χ4v) is 3.83. The van der Waals surface area contributed by atoms with Gasteiger partial charge in [-0.1, -0.05) is 50.4 Å². The summed E-state index contributed by atoms with van der Waals surface area (Å²) in [5, 5.41) is 0.810. The molecular formula is C18H29ClN2. The van der Waals surface area contributed by atoms with Gasteiger partial charge in [0, 0.05) is 17.1 Å². The Hall–Kier alpha value is -0.570. The summed E-state index contributed by atoms with van der Waals surface area (Å²) in [7, 11) is 0. The second kappa shape index (κ2) is 8.17. The van der Waals surface area contributed by atoms with Gasteiger partial charge in [-0.25, -0.2) is 0 Å². The van der Waals surface area contributed by atoms with Crippen molar-refractivity contribution in [3.05, 3.63) is 34.9 Å². The van der Waals surface area contributed by atoms with Crippen LogP contribution in [-0.2, 0) is 0 Å². The predicted molar refractivity (Wildman–Crippen MR) is 91.7 cm³/mol. The minimum atomic E-state index is 0.168. The molecule has 0 saturated carbocycles. The quantitative estimate of drug-likeness (QED) is 0.820. The van der Waals surface area contributed by atoms with E-state index in [-0.39, 0.29) is 6.04 Å². The van der Waals surface area contributed by atoms with Gasteiger partial charge in [0.05, 0.1) is 6.04 Å². The third kappa shape index (κ3) is 4.21. The Morgan fingerprint density at radius 1 is 1.33 bits per heavy atom. The van der Waals surface area contributed by atoms with Gasteiger partial charge in [0.1, 0.15) is 0 Å². The molecule has 2 rings (SSSR count). The van der Waals surface area contributed by atoms with Gasteiger partial charge in [0.2, 0.25) is 0 Å². The van der Waals surface area contributed by atoms with Crippen LogP contribution in [0.25, 0.3) is 0 Å². The Morgan fingerprint density at radius 3 is 2.81 bits per heavy atom. The zero-order valence-corrected chi connectivity index (χ0v) is 14.1. The number of piperidine rings is 1. The van der Waals surface area contributed by atoms with Crippen LogP contribution in [-0.4, -0.2) is 23.5 Å². The van der Waals surface area contributed by atoms with Gasteiger partial charge < -0.3 is 5.73 Å². The monoisotopic (exact) mass is 308 g/mol. The number of benzene rings is 1. The van der Waals surface area contributed by atoms with Gasteiger partial charge in [-0.05, 0) is 49.9 Å². The lowest BCUT2D eigenvalue weighted by Gasteiger charge is -2.44. The van der Waals surface area contributed by atoms with Crippen LogP contribution >= 0.6 is 11.6 Å². The summed E-state index contributed by atoms with van der Waals surface area (Å²) < 4.78 is 0. The van der Waals surface area contributed by atoms with Crippen molar-refractivity contribution < 1.29 is 0 Å². The van der Waals surface area contributed by atoms with E-state index in [0.717, 1.165) is 18.0 Å². The van der Waals surface area contributed by atoms with Gasteiger partial charge in [-0.3, -0.25) is 4.90 Å². The van der Waals surface area contributed by atoms with Gasteiger partial charge in [0.15, 0.2) is 0 Å². The molecule has 1 heterocycles. The van der Waals surface area contributed by atoms with Crippen molar-refractivity contribution in [2.24, 2.45) is 5.73 Å². The molecule has 1 fully saturated rings. The standard InChI is InChI=1S/C18H29ClN2/c1-3-8-16-11-5-6-12-21(16)18(17(20)4-2)14-9-7-10-15(19)13-14/h7,9-10,13,16-18H,3-6,8,11-12,20H2,1-2H3. The van der Waals surface area contributed by atoms with Crippen molar-refractivity contribution >= 4 is 11.6 Å². The SMILES string of the molecule is CCCC1CCCCN1C(c1cccc(Cl)c1)C(N)CC. The van der Waals surface area contributed by atoms with Crippen molar-refractivity contribution in [2.45, 2.75) is 70.5 Å². The number of hydrogen-bond donors (Lipinski definition) is 1. The normalized spacial score (nSPS) is 23.0. The lowest BCUT2D eigenvalue weighted by Crippen LogP contribution is -2.48. The Bertz CT molecular complexity index is 433. The average molecular weight is 309 g/mol. The zero-order chi connectivity index (χ0) is 15.2. The van der Waals surface area contributed by atoms with E-state index in [4.69, 9.17) is 17.3 Å². The molecule has 118 valence electrons. The first-order chi connectivity index (χ1) is 10.2. The van der Waals surface area contributed by atoms with E-state index in [1.54, 1.807) is 0 Å². The molecule has 1 aliphatic rings. The first kappa shape index (κ1) is 16.8. The Balaban J connectivity index is 2.29. The summed E-state index contributed by atoms with van der Waals surface area (Å²) in [6.45, 7) is 5.62. The number of likely N-dealkylation sites (tertiary alicyclic amines) is 1. The highest BCUT2D eigenvalue weighted by molar-refractivity contribution is 6.30. The van der Waals surface area contributed by atoms with E-state index in [9.17, 15) is 0 Å². The van der Waals surface area contributed by atoms with E-state index in [1.807, 2.05) is 12.1 Å². The van der Waals surface area contributed by atoms with Crippen LogP contribution in [0, 0.1) is 0 Å². The number of rotatable bonds is 6. The van der Waals surface area contributed by atoms with E-state index < -0.39 is 0 Å². The Morgan fingerprint density at radius 2 is 2.14 bits per heavy atom. The van der Waals surface area contributed by atoms with Crippen molar-refractivity contribution in [2.75, 3.05) is 6.54 Å². The third-order valence-corrected chi connectivity index (χ3v) is 4.95. The predicted octanol–water partition coefficient (Wildman–Crippen LogP) is 4.77. The third-order valence-electron chi connectivity index (χ3n) is 4.72. The highest BCUT2D eigenvalue weighted by Crippen LogP contribution is 2.34. The molecule has 0 aliphatic carbocycles. The molecule has 0 bridgehead atoms. The molecule has 3 atom stereocenters. The van der Waals surface area contributed by atoms with Crippen molar-refractivity contribution in [1.82, 2.24) is 4.90 Å². The molecule has 21 heavy (non-hydrogen) atoms. The second-order valence-corrected chi connectivity index (χ2v) is 6.68. The van der Waals surface area contributed by atoms with Crippen LogP contribution in [0.2, 0.25) is 5.02 Å². The number of halogens is 1. The molecule has 1 aromatic rings. The van der Waals surface area contributed by atoms with Crippen molar-refractivity contribution in [3.63, 3.8) is 0 Å². The fourth-order valence-electron chi connectivity index (χ4n) is 3.63. The molecule has 0 aromatic heterocycles. The van der Waals surface area contributed by atoms with Crippen molar-refractivity contribution in [3.8, 4) is 0 Å². The molecule has 1 aromatic carbocycles. The van der Waals surface area contributed by atoms with Gasteiger partial charge in [-0.2, -0.15) is 0 Å². The first-order valence-electron chi connectivity index (χ1n) is 8.44.